The minimum atomic E-state index is -3.65. The van der Waals surface area contributed by atoms with Crippen molar-refractivity contribution < 1.29 is 37.2 Å². The molecule has 0 aromatic heterocycles. The largest absolute Gasteiger partial charge is 0.475 e. The topological polar surface area (TPSA) is 97.4 Å². The van der Waals surface area contributed by atoms with Crippen molar-refractivity contribution in [3.63, 3.8) is 0 Å². The van der Waals surface area contributed by atoms with E-state index in [1.807, 2.05) is 0 Å². The Bertz CT molecular complexity index is 886. The second kappa shape index (κ2) is 10.9. The van der Waals surface area contributed by atoms with Crippen molar-refractivity contribution in [1.82, 2.24) is 0 Å². The Kier molecular flexibility index (Phi) is 8.54. The van der Waals surface area contributed by atoms with Gasteiger partial charge in [-0.2, -0.15) is 0 Å². The summed E-state index contributed by atoms with van der Waals surface area (Å²) in [4.78, 5) is 23.7. The summed E-state index contributed by atoms with van der Waals surface area (Å²) in [6, 6.07) is 12.8. The van der Waals surface area contributed by atoms with Gasteiger partial charge in [0.05, 0.1) is 19.8 Å². The van der Waals surface area contributed by atoms with Crippen LogP contribution in [-0.2, 0) is 29.5 Å². The van der Waals surface area contributed by atoms with Crippen LogP contribution in [0.15, 0.2) is 48.5 Å². The molecular formula is C20H23O8P. The summed E-state index contributed by atoms with van der Waals surface area (Å²) >= 11 is 0. The van der Waals surface area contributed by atoms with Crippen LogP contribution in [-0.4, -0.2) is 25.2 Å². The molecule has 0 atom stereocenters. The van der Waals surface area contributed by atoms with Gasteiger partial charge in [0.15, 0.2) is 0 Å². The molecular weight excluding hydrogens is 399 g/mol. The maximum absolute atomic E-state index is 12.5. The predicted octanol–water partition coefficient (Wildman–Crippen LogP) is 4.53. The third kappa shape index (κ3) is 7.11. The molecule has 0 saturated heterocycles. The van der Waals surface area contributed by atoms with Crippen LogP contribution in [0.5, 0.6) is 11.5 Å². The lowest BCUT2D eigenvalue weighted by Gasteiger charge is -2.16. The Hall–Kier alpha value is -2.51. The summed E-state index contributed by atoms with van der Waals surface area (Å²) in [5.74, 6) is -0.873. The smallest absolute Gasteiger partial charge is 0.426 e. The van der Waals surface area contributed by atoms with E-state index in [4.69, 9.17) is 23.0 Å². The van der Waals surface area contributed by atoms with Gasteiger partial charge in [0.25, 0.3) is 0 Å². The van der Waals surface area contributed by atoms with E-state index in [2.05, 4.69) is 0 Å². The van der Waals surface area contributed by atoms with Crippen molar-refractivity contribution in [2.24, 2.45) is 0 Å². The van der Waals surface area contributed by atoms with Gasteiger partial charge in [-0.1, -0.05) is 24.3 Å². The number of phosphoric ester groups is 1. The van der Waals surface area contributed by atoms with E-state index in [1.54, 1.807) is 50.2 Å². The Morgan fingerprint density at radius 1 is 0.897 bits per heavy atom. The predicted molar refractivity (Wildman–Crippen MR) is 105 cm³/mol. The van der Waals surface area contributed by atoms with Crippen LogP contribution in [0.1, 0.15) is 36.7 Å². The van der Waals surface area contributed by atoms with Gasteiger partial charge in [-0.25, -0.2) is 9.36 Å². The highest BCUT2D eigenvalue weighted by Crippen LogP contribution is 2.49. The zero-order chi connectivity index (χ0) is 21.3. The van der Waals surface area contributed by atoms with E-state index in [1.165, 1.54) is 19.1 Å². The monoisotopic (exact) mass is 422 g/mol. The Morgan fingerprint density at radius 3 is 2.24 bits per heavy atom. The first-order valence-corrected chi connectivity index (χ1v) is 10.4. The molecule has 0 aliphatic carbocycles. The van der Waals surface area contributed by atoms with Gasteiger partial charge in [0.2, 0.25) is 0 Å². The molecule has 0 heterocycles. The molecule has 0 saturated carbocycles. The minimum Gasteiger partial charge on any atom is -0.426 e. The molecule has 2 aromatic rings. The van der Waals surface area contributed by atoms with E-state index < -0.39 is 19.8 Å². The standard InChI is InChI=1S/C20H23O8P/c1-4-24-29(23,25-5-2)26-14-16-9-8-10-17(13-16)28-20(22)18-11-6-7-12-19(18)27-15(3)21/h6-13H,4-5,14H2,1-3H3. The van der Waals surface area contributed by atoms with E-state index in [-0.39, 0.29) is 36.9 Å². The number of para-hydroxylation sites is 1. The van der Waals surface area contributed by atoms with Crippen LogP contribution >= 0.6 is 7.82 Å². The second-order valence-electron chi connectivity index (χ2n) is 5.68. The van der Waals surface area contributed by atoms with Crippen molar-refractivity contribution in [3.05, 3.63) is 59.7 Å². The van der Waals surface area contributed by atoms with Crippen molar-refractivity contribution >= 4 is 19.8 Å². The number of phosphoric acid groups is 1. The maximum atomic E-state index is 12.5. The lowest BCUT2D eigenvalue weighted by atomic mass is 10.2. The molecule has 0 unspecified atom stereocenters. The third-order valence-corrected chi connectivity index (χ3v) is 5.03. The highest BCUT2D eigenvalue weighted by atomic mass is 31.2. The van der Waals surface area contributed by atoms with Crippen LogP contribution < -0.4 is 9.47 Å². The number of rotatable bonds is 10. The van der Waals surface area contributed by atoms with Crippen molar-refractivity contribution in [3.8, 4) is 11.5 Å². The average molecular weight is 422 g/mol. The Balaban J connectivity index is 2.09. The summed E-state index contributed by atoms with van der Waals surface area (Å²) < 4.78 is 38.2. The first-order valence-electron chi connectivity index (χ1n) is 8.99. The molecule has 9 heteroatoms. The summed E-state index contributed by atoms with van der Waals surface area (Å²) in [6.45, 7) is 4.90. The van der Waals surface area contributed by atoms with Crippen molar-refractivity contribution in [2.45, 2.75) is 27.4 Å². The fourth-order valence-corrected chi connectivity index (χ4v) is 3.48. The van der Waals surface area contributed by atoms with Gasteiger partial charge in [-0.05, 0) is 43.7 Å². The van der Waals surface area contributed by atoms with Crippen LogP contribution in [0, 0.1) is 0 Å². The molecule has 0 bridgehead atoms. The number of carbonyl (C=O) groups excluding carboxylic acids is 2. The molecule has 0 radical (unpaired) electrons. The summed E-state index contributed by atoms with van der Waals surface area (Å²) in [5.41, 5.74) is 0.713. The molecule has 156 valence electrons. The summed E-state index contributed by atoms with van der Waals surface area (Å²) in [6.07, 6.45) is 0. The average Bonchev–Trinajstić information content (AvgIpc) is 2.67. The zero-order valence-electron chi connectivity index (χ0n) is 16.5. The van der Waals surface area contributed by atoms with Gasteiger partial charge in [-0.15, -0.1) is 0 Å². The minimum absolute atomic E-state index is 0.0628. The molecule has 2 rings (SSSR count). The molecule has 2 aromatic carbocycles. The van der Waals surface area contributed by atoms with Gasteiger partial charge in [0.1, 0.15) is 17.1 Å². The zero-order valence-corrected chi connectivity index (χ0v) is 17.3. The fourth-order valence-electron chi connectivity index (χ4n) is 2.32. The fraction of sp³-hybridized carbons (Fsp3) is 0.300. The molecule has 0 amide bonds. The molecule has 0 aliphatic rings. The van der Waals surface area contributed by atoms with Gasteiger partial charge in [-0.3, -0.25) is 18.4 Å². The molecule has 0 aliphatic heterocycles. The molecule has 0 N–H and O–H groups in total. The number of carbonyl (C=O) groups is 2. The van der Waals surface area contributed by atoms with Crippen LogP contribution in [0.3, 0.4) is 0 Å². The first-order chi connectivity index (χ1) is 13.9. The van der Waals surface area contributed by atoms with Crippen LogP contribution in [0.25, 0.3) is 0 Å². The van der Waals surface area contributed by atoms with E-state index >= 15 is 0 Å². The van der Waals surface area contributed by atoms with E-state index in [0.717, 1.165) is 0 Å². The summed E-state index contributed by atoms with van der Waals surface area (Å²) in [5, 5.41) is 0. The number of ether oxygens (including phenoxy) is 2. The number of hydrogen-bond donors (Lipinski definition) is 0. The number of hydrogen-bond acceptors (Lipinski definition) is 8. The summed E-state index contributed by atoms with van der Waals surface area (Å²) in [7, 11) is -3.65. The maximum Gasteiger partial charge on any atom is 0.475 e. The lowest BCUT2D eigenvalue weighted by Crippen LogP contribution is -2.12. The lowest BCUT2D eigenvalue weighted by molar-refractivity contribution is -0.131. The van der Waals surface area contributed by atoms with Crippen molar-refractivity contribution in [2.75, 3.05) is 13.2 Å². The first kappa shape index (κ1) is 22.8. The highest BCUT2D eigenvalue weighted by Gasteiger charge is 2.25. The SMILES string of the molecule is CCOP(=O)(OCC)OCc1cccc(OC(=O)c2ccccc2OC(C)=O)c1. The Morgan fingerprint density at radius 2 is 1.59 bits per heavy atom. The molecule has 0 spiro atoms. The van der Waals surface area contributed by atoms with E-state index in [0.29, 0.717) is 5.56 Å². The third-order valence-electron chi connectivity index (χ3n) is 3.43. The number of esters is 2. The van der Waals surface area contributed by atoms with E-state index in [9.17, 15) is 14.2 Å². The molecule has 8 nitrogen and oxygen atoms in total. The van der Waals surface area contributed by atoms with Crippen molar-refractivity contribution in [1.29, 1.82) is 0 Å². The second-order valence-corrected chi connectivity index (χ2v) is 7.35. The molecule has 0 fully saturated rings. The molecule has 29 heavy (non-hydrogen) atoms. The quantitative estimate of drug-likeness (QED) is 0.313. The Labute approximate surface area is 169 Å². The van der Waals surface area contributed by atoms with Gasteiger partial charge >= 0.3 is 19.8 Å². The van der Waals surface area contributed by atoms with Gasteiger partial charge in [0, 0.05) is 6.92 Å². The normalized spacial score (nSPS) is 11.1. The number of benzene rings is 2. The van der Waals surface area contributed by atoms with Crippen LogP contribution in [0.2, 0.25) is 0 Å². The highest BCUT2D eigenvalue weighted by molar-refractivity contribution is 7.48. The van der Waals surface area contributed by atoms with Gasteiger partial charge < -0.3 is 9.47 Å². The van der Waals surface area contributed by atoms with Crippen LogP contribution in [0.4, 0.5) is 0 Å².